The summed E-state index contributed by atoms with van der Waals surface area (Å²) in [6.07, 6.45) is 0. The highest BCUT2D eigenvalue weighted by Crippen LogP contribution is 2.42. The first-order valence-electron chi connectivity index (χ1n) is 7.44. The van der Waals surface area contributed by atoms with E-state index in [1.165, 1.54) is 6.92 Å². The molecular formula is C18H12O6S. The lowest BCUT2D eigenvalue weighted by Crippen LogP contribution is -2.21. The van der Waals surface area contributed by atoms with E-state index in [9.17, 15) is 22.6 Å². The number of rotatable bonds is 1. The standard InChI is InChI=1S/C18H12O6S/c1-8-4-3-5-11-10(8)6-7-12-14(11)16(20)15(19)13-9(2)18(24-17(12)13)25(21,22)23/h3-7H,1-2H3,(H,21,22,23). The molecule has 1 N–H and O–H groups in total. The predicted octanol–water partition coefficient (Wildman–Crippen LogP) is 3.34. The Labute approximate surface area is 142 Å². The first-order valence-corrected chi connectivity index (χ1v) is 8.88. The number of carbonyl (C=O) groups excluding carboxylic acids is 2. The molecule has 1 aliphatic carbocycles. The van der Waals surface area contributed by atoms with Gasteiger partial charge in [0.05, 0.1) is 5.56 Å². The molecule has 4 rings (SSSR count). The minimum Gasteiger partial charge on any atom is -0.441 e. The van der Waals surface area contributed by atoms with Crippen LogP contribution in [-0.4, -0.2) is 24.5 Å². The molecule has 0 radical (unpaired) electrons. The maximum absolute atomic E-state index is 12.7. The van der Waals surface area contributed by atoms with Crippen molar-refractivity contribution in [3.05, 3.63) is 52.6 Å². The van der Waals surface area contributed by atoms with Crippen molar-refractivity contribution in [3.8, 4) is 11.3 Å². The number of carbonyl (C=O) groups is 2. The first-order chi connectivity index (χ1) is 11.7. The Balaban J connectivity index is 2.17. The van der Waals surface area contributed by atoms with E-state index < -0.39 is 26.8 Å². The van der Waals surface area contributed by atoms with E-state index in [1.54, 1.807) is 24.3 Å². The van der Waals surface area contributed by atoms with Crippen LogP contribution in [0.5, 0.6) is 0 Å². The fraction of sp³-hybridized carbons (Fsp3) is 0.111. The Morgan fingerprint density at radius 2 is 1.60 bits per heavy atom. The third-order valence-corrected chi connectivity index (χ3v) is 5.38. The van der Waals surface area contributed by atoms with Gasteiger partial charge in [-0.3, -0.25) is 14.1 Å². The molecule has 1 aromatic heterocycles. The van der Waals surface area contributed by atoms with Crippen LogP contribution in [0.25, 0.3) is 22.1 Å². The summed E-state index contributed by atoms with van der Waals surface area (Å²) in [6, 6.07) is 8.83. The van der Waals surface area contributed by atoms with Gasteiger partial charge in [0.15, 0.2) is 0 Å². The van der Waals surface area contributed by atoms with Gasteiger partial charge < -0.3 is 4.42 Å². The quantitative estimate of drug-likeness (QED) is 0.530. The van der Waals surface area contributed by atoms with E-state index in [0.29, 0.717) is 10.9 Å². The molecule has 0 spiro atoms. The summed E-state index contributed by atoms with van der Waals surface area (Å²) in [6.45, 7) is 3.22. The minimum absolute atomic E-state index is 0.00636. The van der Waals surface area contributed by atoms with Crippen molar-refractivity contribution in [2.75, 3.05) is 0 Å². The highest BCUT2D eigenvalue weighted by Gasteiger charge is 2.39. The van der Waals surface area contributed by atoms with Gasteiger partial charge in [-0.1, -0.05) is 24.3 Å². The van der Waals surface area contributed by atoms with E-state index in [0.717, 1.165) is 10.9 Å². The van der Waals surface area contributed by atoms with Crippen LogP contribution in [-0.2, 0) is 10.1 Å². The molecule has 0 saturated heterocycles. The van der Waals surface area contributed by atoms with E-state index in [1.807, 2.05) is 13.0 Å². The first kappa shape index (κ1) is 15.7. The maximum Gasteiger partial charge on any atom is 0.328 e. The third kappa shape index (κ3) is 2.03. The van der Waals surface area contributed by atoms with Crippen LogP contribution >= 0.6 is 0 Å². The molecule has 1 heterocycles. The summed E-state index contributed by atoms with van der Waals surface area (Å²) in [5.74, 6) is -1.56. The molecule has 0 amide bonds. The fourth-order valence-corrected chi connectivity index (χ4v) is 4.06. The summed E-state index contributed by atoms with van der Waals surface area (Å²) in [7, 11) is -4.65. The van der Waals surface area contributed by atoms with Crippen molar-refractivity contribution in [1.29, 1.82) is 0 Å². The van der Waals surface area contributed by atoms with Crippen molar-refractivity contribution in [2.24, 2.45) is 0 Å². The molecule has 6 nitrogen and oxygen atoms in total. The summed E-state index contributed by atoms with van der Waals surface area (Å²) < 4.78 is 37.6. The summed E-state index contributed by atoms with van der Waals surface area (Å²) in [5, 5.41) is 0.712. The third-order valence-electron chi connectivity index (χ3n) is 4.52. The Kier molecular flexibility index (Phi) is 3.07. The second-order valence-electron chi connectivity index (χ2n) is 6.01. The molecule has 0 saturated carbocycles. The van der Waals surface area contributed by atoms with Crippen LogP contribution in [0.3, 0.4) is 0 Å². The van der Waals surface area contributed by atoms with Crippen molar-refractivity contribution < 1.29 is 27.0 Å². The second kappa shape index (κ2) is 4.87. The van der Waals surface area contributed by atoms with Gasteiger partial charge in [0.2, 0.25) is 16.7 Å². The molecule has 0 fully saturated rings. The van der Waals surface area contributed by atoms with Gasteiger partial charge in [-0.05, 0) is 36.2 Å². The minimum atomic E-state index is -4.65. The van der Waals surface area contributed by atoms with Crippen LogP contribution in [0.4, 0.5) is 0 Å². The monoisotopic (exact) mass is 356 g/mol. The lowest BCUT2D eigenvalue weighted by molar-refractivity contribution is 0.0815. The normalized spacial score (nSPS) is 13.9. The van der Waals surface area contributed by atoms with Crippen LogP contribution in [0.1, 0.15) is 31.8 Å². The SMILES string of the molecule is Cc1c(S(=O)(=O)O)oc2c1C(=O)C(=O)c1c-2ccc2c(C)cccc12. The van der Waals surface area contributed by atoms with Crippen molar-refractivity contribution in [3.63, 3.8) is 0 Å². The number of ketones is 2. The highest BCUT2D eigenvalue weighted by atomic mass is 32.2. The molecule has 7 heteroatoms. The number of hydrogen-bond donors (Lipinski definition) is 1. The Hall–Kier alpha value is -2.77. The molecule has 2 aromatic carbocycles. The van der Waals surface area contributed by atoms with Gasteiger partial charge in [-0.25, -0.2) is 0 Å². The predicted molar refractivity (Wildman–Crippen MR) is 89.6 cm³/mol. The number of hydrogen-bond acceptors (Lipinski definition) is 5. The molecule has 126 valence electrons. The fourth-order valence-electron chi connectivity index (χ4n) is 3.38. The molecule has 25 heavy (non-hydrogen) atoms. The number of Topliss-reactive ketones (excluding diaryl/α,β-unsaturated/α-hetero) is 2. The summed E-state index contributed by atoms with van der Waals surface area (Å²) >= 11 is 0. The molecule has 1 aliphatic rings. The number of benzene rings is 2. The van der Waals surface area contributed by atoms with E-state index in [4.69, 9.17) is 4.42 Å². The lowest BCUT2D eigenvalue weighted by Gasteiger charge is -2.16. The van der Waals surface area contributed by atoms with Crippen molar-refractivity contribution in [2.45, 2.75) is 18.9 Å². The number of furan rings is 1. The van der Waals surface area contributed by atoms with Crippen LogP contribution in [0.15, 0.2) is 39.8 Å². The van der Waals surface area contributed by atoms with Gasteiger partial charge >= 0.3 is 10.1 Å². The molecule has 0 atom stereocenters. The summed E-state index contributed by atoms with van der Waals surface area (Å²) in [4.78, 5) is 25.3. The van der Waals surface area contributed by atoms with Gasteiger partial charge in [0, 0.05) is 16.7 Å². The Morgan fingerprint density at radius 3 is 2.28 bits per heavy atom. The smallest absolute Gasteiger partial charge is 0.328 e. The average Bonchev–Trinajstić information content (AvgIpc) is 2.90. The molecular weight excluding hydrogens is 344 g/mol. The van der Waals surface area contributed by atoms with Gasteiger partial charge in [0.1, 0.15) is 5.76 Å². The molecule has 0 aliphatic heterocycles. The maximum atomic E-state index is 12.7. The summed E-state index contributed by atoms with van der Waals surface area (Å²) in [5.41, 5.74) is 1.30. The zero-order chi connectivity index (χ0) is 18.1. The molecule has 0 unspecified atom stereocenters. The molecule has 3 aromatic rings. The Bertz CT molecular complexity index is 1210. The van der Waals surface area contributed by atoms with Crippen molar-refractivity contribution >= 4 is 32.5 Å². The Morgan fingerprint density at radius 1 is 0.920 bits per heavy atom. The van der Waals surface area contributed by atoms with Crippen molar-refractivity contribution in [1.82, 2.24) is 0 Å². The lowest BCUT2D eigenvalue weighted by atomic mass is 9.84. The number of fused-ring (bicyclic) bond motifs is 5. The average molecular weight is 356 g/mol. The van der Waals surface area contributed by atoms with E-state index >= 15 is 0 Å². The van der Waals surface area contributed by atoms with Gasteiger partial charge in [0.25, 0.3) is 0 Å². The zero-order valence-corrected chi connectivity index (χ0v) is 14.1. The topological polar surface area (TPSA) is 102 Å². The largest absolute Gasteiger partial charge is 0.441 e. The number of aryl methyl sites for hydroxylation is 1. The van der Waals surface area contributed by atoms with Gasteiger partial charge in [-0.15, -0.1) is 0 Å². The zero-order valence-electron chi connectivity index (χ0n) is 13.3. The molecule has 0 bridgehead atoms. The van der Waals surface area contributed by atoms with Gasteiger partial charge in [-0.2, -0.15) is 8.42 Å². The van der Waals surface area contributed by atoms with Crippen LogP contribution in [0.2, 0.25) is 0 Å². The second-order valence-corrected chi connectivity index (χ2v) is 7.33. The van der Waals surface area contributed by atoms with E-state index in [2.05, 4.69) is 0 Å². The van der Waals surface area contributed by atoms with Crippen LogP contribution in [0, 0.1) is 13.8 Å². The van der Waals surface area contributed by atoms with Crippen LogP contribution < -0.4 is 0 Å². The highest BCUT2D eigenvalue weighted by molar-refractivity contribution is 7.85. The van der Waals surface area contributed by atoms with E-state index in [-0.39, 0.29) is 22.5 Å².